The number of aliphatic hydroxyl groups excluding tert-OH is 1. The van der Waals surface area contributed by atoms with Gasteiger partial charge in [-0.2, -0.15) is 0 Å². The van der Waals surface area contributed by atoms with E-state index in [1.165, 1.54) is 19.3 Å². The van der Waals surface area contributed by atoms with Gasteiger partial charge >= 0.3 is 6.03 Å². The van der Waals surface area contributed by atoms with Crippen molar-refractivity contribution in [3.8, 4) is 11.1 Å². The Kier molecular flexibility index (Phi) is 9.41. The largest absolute Gasteiger partial charge is 0.392 e. The van der Waals surface area contributed by atoms with Crippen LogP contribution in [0.2, 0.25) is 0 Å². The average Bonchev–Trinajstić information content (AvgIpc) is 3.54. The van der Waals surface area contributed by atoms with E-state index in [0.29, 0.717) is 12.3 Å². The molecule has 1 saturated heterocycles. The number of aromatic nitrogens is 4. The van der Waals surface area contributed by atoms with Crippen LogP contribution in [0.15, 0.2) is 78.0 Å². The molecule has 4 saturated carbocycles. The Balaban J connectivity index is 0.968. The van der Waals surface area contributed by atoms with Gasteiger partial charge in [0.25, 0.3) is 0 Å². The standard InChI is InChI=1S/C39H46N6O4S/c1-24-34(23-50-38-42-43-44-45(38)2)48-36(49-35(24)30-11-9-25(22-46)10-12-30)33-8-4-7-32(17-33)31-6-3-5-26(16-31)21-40-37(47)41-39-18-27-13-28(19-39)15-29(14-27)20-39/h3-12,16-17,24,27-29,34-36,46H,13-15,18-23H2,1-2H3,(H2,40,41,47)/t24-,27?,28?,29?,34+,35+,36+,39?/m0/s1. The summed E-state index contributed by atoms with van der Waals surface area (Å²) in [7, 11) is 1.83. The van der Waals surface area contributed by atoms with Crippen molar-refractivity contribution in [1.82, 2.24) is 30.8 Å². The lowest BCUT2D eigenvalue weighted by Crippen LogP contribution is -2.61. The number of carbonyl (C=O) groups excluding carboxylic acids is 1. The van der Waals surface area contributed by atoms with E-state index < -0.39 is 6.29 Å². The first-order chi connectivity index (χ1) is 24.3. The Hall–Kier alpha value is -3.77. The first-order valence-electron chi connectivity index (χ1n) is 17.9. The Morgan fingerprint density at radius 3 is 2.30 bits per heavy atom. The number of thioether (sulfide) groups is 1. The first-order valence-corrected chi connectivity index (χ1v) is 18.9. The molecule has 3 aromatic carbocycles. The number of benzene rings is 3. The van der Waals surface area contributed by atoms with Crippen LogP contribution < -0.4 is 10.6 Å². The summed E-state index contributed by atoms with van der Waals surface area (Å²) < 4.78 is 15.1. The van der Waals surface area contributed by atoms with E-state index in [1.54, 1.807) is 16.4 Å². The summed E-state index contributed by atoms with van der Waals surface area (Å²) in [5.74, 6) is 3.07. The number of urea groups is 1. The summed E-state index contributed by atoms with van der Waals surface area (Å²) in [6, 6.07) is 24.6. The van der Waals surface area contributed by atoms with Crippen LogP contribution in [-0.2, 0) is 29.7 Å². The minimum atomic E-state index is -0.588. The predicted molar refractivity (Wildman–Crippen MR) is 191 cm³/mol. The molecule has 9 rings (SSSR count). The lowest BCUT2D eigenvalue weighted by atomic mass is 9.53. The van der Waals surface area contributed by atoms with Crippen molar-refractivity contribution in [2.45, 2.75) is 87.8 Å². The maximum atomic E-state index is 13.1. The van der Waals surface area contributed by atoms with Crippen LogP contribution in [0.3, 0.4) is 0 Å². The number of nitrogens with zero attached hydrogens (tertiary/aromatic N) is 4. The summed E-state index contributed by atoms with van der Waals surface area (Å²) in [4.78, 5) is 13.1. The molecule has 5 aliphatic rings. The zero-order valence-electron chi connectivity index (χ0n) is 28.7. The highest BCUT2D eigenvalue weighted by atomic mass is 32.2. The number of aliphatic hydroxyl groups is 1. The van der Waals surface area contributed by atoms with Crippen molar-refractivity contribution >= 4 is 17.8 Å². The third-order valence-corrected chi connectivity index (χ3v) is 12.5. The molecule has 4 bridgehead atoms. The van der Waals surface area contributed by atoms with Crippen molar-refractivity contribution in [2.24, 2.45) is 30.7 Å². The molecule has 1 aliphatic heterocycles. The Bertz CT molecular complexity index is 1780. The highest BCUT2D eigenvalue weighted by Gasteiger charge is 2.51. The molecule has 4 atom stereocenters. The molecule has 5 fully saturated rings. The van der Waals surface area contributed by atoms with Gasteiger partial charge in [0.05, 0.1) is 18.8 Å². The number of aryl methyl sites for hydroxylation is 1. The molecule has 4 aromatic rings. The summed E-state index contributed by atoms with van der Waals surface area (Å²) >= 11 is 1.57. The number of ether oxygens (including phenoxy) is 2. The minimum absolute atomic E-state index is 0.00279. The van der Waals surface area contributed by atoms with Crippen LogP contribution in [0, 0.1) is 23.7 Å². The van der Waals surface area contributed by atoms with Crippen molar-refractivity contribution in [3.05, 3.63) is 95.1 Å². The number of nitrogens with one attached hydrogen (secondary N) is 2. The van der Waals surface area contributed by atoms with Crippen LogP contribution in [0.1, 0.15) is 80.1 Å². The highest BCUT2D eigenvalue weighted by molar-refractivity contribution is 7.99. The summed E-state index contributed by atoms with van der Waals surface area (Å²) in [5, 5.41) is 28.8. The number of hydrogen-bond acceptors (Lipinski definition) is 8. The molecular weight excluding hydrogens is 649 g/mol. The van der Waals surface area contributed by atoms with Crippen molar-refractivity contribution in [1.29, 1.82) is 0 Å². The summed E-state index contributed by atoms with van der Waals surface area (Å²) in [6.07, 6.45) is 6.55. The molecule has 0 spiro atoms. The first kappa shape index (κ1) is 33.4. The predicted octanol–water partition coefficient (Wildman–Crippen LogP) is 6.72. The normalized spacial score (nSPS) is 29.9. The van der Waals surface area contributed by atoms with Crippen LogP contribution in [-0.4, -0.2) is 48.7 Å². The fourth-order valence-electron chi connectivity index (χ4n) is 9.27. The van der Waals surface area contributed by atoms with E-state index >= 15 is 0 Å². The van der Waals surface area contributed by atoms with Gasteiger partial charge in [-0.05, 0) is 107 Å². The zero-order valence-corrected chi connectivity index (χ0v) is 29.5. The molecule has 3 N–H and O–H groups in total. The molecule has 0 radical (unpaired) electrons. The smallest absolute Gasteiger partial charge is 0.315 e. The summed E-state index contributed by atoms with van der Waals surface area (Å²) in [6.45, 7) is 2.62. The van der Waals surface area contributed by atoms with Crippen LogP contribution in [0.5, 0.6) is 0 Å². The molecule has 4 aliphatic carbocycles. The molecule has 10 nitrogen and oxygen atoms in total. The van der Waals surface area contributed by atoms with Gasteiger partial charge in [-0.3, -0.25) is 0 Å². The number of carbonyl (C=O) groups is 1. The maximum Gasteiger partial charge on any atom is 0.315 e. The minimum Gasteiger partial charge on any atom is -0.392 e. The van der Waals surface area contributed by atoms with Crippen LogP contribution >= 0.6 is 11.8 Å². The SMILES string of the molecule is C[C@H]1[C@@H](CSc2nnnn2C)O[C@@H](c2cccc(-c3cccc(CNC(=O)NC45CC6CC(CC(C6)C4)C5)c3)c2)O[C@H]1c1ccc(CO)cc1. The Morgan fingerprint density at radius 1 is 0.920 bits per heavy atom. The van der Waals surface area contributed by atoms with Gasteiger partial charge in [0.2, 0.25) is 5.16 Å². The molecule has 2 amide bonds. The maximum absolute atomic E-state index is 13.1. The molecule has 50 heavy (non-hydrogen) atoms. The fraction of sp³-hybridized carbons (Fsp3) is 0.487. The van der Waals surface area contributed by atoms with Gasteiger partial charge in [-0.25, -0.2) is 9.48 Å². The second kappa shape index (κ2) is 14.1. The third kappa shape index (κ3) is 7.06. The van der Waals surface area contributed by atoms with E-state index in [4.69, 9.17) is 9.47 Å². The number of amides is 2. The molecule has 0 unspecified atom stereocenters. The number of tetrazole rings is 1. The quantitative estimate of drug-likeness (QED) is 0.156. The van der Waals surface area contributed by atoms with E-state index in [2.05, 4.69) is 63.4 Å². The third-order valence-electron chi connectivity index (χ3n) is 11.4. The van der Waals surface area contributed by atoms with Gasteiger partial charge in [0, 0.05) is 36.4 Å². The average molecular weight is 695 g/mol. The van der Waals surface area contributed by atoms with Gasteiger partial charge in [0.15, 0.2) is 6.29 Å². The van der Waals surface area contributed by atoms with E-state index in [1.807, 2.05) is 49.5 Å². The monoisotopic (exact) mass is 694 g/mol. The van der Waals surface area contributed by atoms with Crippen LogP contribution in [0.4, 0.5) is 4.79 Å². The van der Waals surface area contributed by atoms with E-state index in [9.17, 15) is 9.90 Å². The van der Waals surface area contributed by atoms with Gasteiger partial charge in [-0.1, -0.05) is 79.3 Å². The van der Waals surface area contributed by atoms with Crippen molar-refractivity contribution in [2.75, 3.05) is 5.75 Å². The van der Waals surface area contributed by atoms with Gasteiger partial charge in [-0.15, -0.1) is 5.10 Å². The topological polar surface area (TPSA) is 123 Å². The zero-order chi connectivity index (χ0) is 34.2. The lowest BCUT2D eigenvalue weighted by Gasteiger charge is -2.56. The van der Waals surface area contributed by atoms with E-state index in [0.717, 1.165) is 75.6 Å². The van der Waals surface area contributed by atoms with Crippen molar-refractivity contribution < 1.29 is 19.4 Å². The summed E-state index contributed by atoms with van der Waals surface area (Å²) in [5.41, 5.74) is 5.99. The van der Waals surface area contributed by atoms with Crippen LogP contribution in [0.25, 0.3) is 11.1 Å². The highest BCUT2D eigenvalue weighted by Crippen LogP contribution is 2.55. The van der Waals surface area contributed by atoms with Crippen molar-refractivity contribution in [3.63, 3.8) is 0 Å². The number of hydrogen-bond donors (Lipinski definition) is 3. The number of rotatable bonds is 10. The fourth-order valence-corrected chi connectivity index (χ4v) is 10.3. The van der Waals surface area contributed by atoms with E-state index in [-0.39, 0.29) is 36.3 Å². The van der Waals surface area contributed by atoms with Gasteiger partial charge < -0.3 is 25.2 Å². The second-order valence-electron chi connectivity index (χ2n) is 15.0. The van der Waals surface area contributed by atoms with Gasteiger partial charge in [0.1, 0.15) is 0 Å². The second-order valence-corrected chi connectivity index (χ2v) is 16.0. The Morgan fingerprint density at radius 2 is 1.62 bits per heavy atom. The lowest BCUT2D eigenvalue weighted by molar-refractivity contribution is -0.268. The molecule has 1 aromatic heterocycles. The molecular formula is C39H46N6O4S. The molecule has 2 heterocycles. The Labute approximate surface area is 297 Å². The molecule has 262 valence electrons. The molecule has 11 heteroatoms.